The molecule has 14 heavy (non-hydrogen) atoms. The number of thiol groups is 1. The first-order valence-electron chi connectivity index (χ1n) is 3.77. The normalized spacial score (nSPS) is 20.2. The molecule has 0 aromatic heterocycles. The van der Waals surface area contributed by atoms with Crippen molar-refractivity contribution in [3.05, 3.63) is 30.3 Å². The monoisotopic (exact) mass is 267 g/mol. The molecule has 2 rings (SSSR count). The van der Waals surface area contributed by atoms with Crippen LogP contribution in [-0.2, 0) is 0 Å². The molecule has 1 aromatic carbocycles. The van der Waals surface area contributed by atoms with E-state index in [4.69, 9.17) is 12.2 Å². The second-order valence-corrected chi connectivity index (χ2v) is 5.14. The first kappa shape index (κ1) is 13.3. The van der Waals surface area contributed by atoms with Crippen molar-refractivity contribution in [2.45, 2.75) is 4.71 Å². The Labute approximate surface area is 141 Å². The number of benzene rings is 1. The van der Waals surface area contributed by atoms with E-state index in [1.807, 2.05) is 35.3 Å². The van der Waals surface area contributed by atoms with Gasteiger partial charge in [0.15, 0.2) is 4.32 Å². The zero-order valence-corrected chi connectivity index (χ0v) is 13.3. The van der Waals surface area contributed by atoms with Crippen molar-refractivity contribution >= 4 is 98.0 Å². The van der Waals surface area contributed by atoms with Crippen molar-refractivity contribution in [1.29, 1.82) is 0 Å². The molecule has 0 aliphatic carbocycles. The largest absolute Gasteiger partial charge is 0.281 e. The van der Waals surface area contributed by atoms with Gasteiger partial charge in [-0.2, -0.15) is 0 Å². The molecule has 0 amide bonds. The molecule has 0 bridgehead atoms. The van der Waals surface area contributed by atoms with Crippen LogP contribution in [0.4, 0.5) is 5.69 Å². The molecule has 1 atom stereocenters. The maximum Gasteiger partial charge on any atom is 0.155 e. The maximum absolute atomic E-state index is 5.03. The molecular weight excluding hydrogens is 259 g/mol. The Morgan fingerprint density at radius 3 is 2.50 bits per heavy atom. The number of hydrogen-bond acceptors (Lipinski definition) is 4. The maximum atomic E-state index is 5.03. The van der Waals surface area contributed by atoms with Crippen LogP contribution < -0.4 is 10.4 Å². The van der Waals surface area contributed by atoms with E-state index in [0.717, 1.165) is 10.0 Å². The van der Waals surface area contributed by atoms with Gasteiger partial charge in [0.2, 0.25) is 0 Å². The fraction of sp³-hybridized carbons (Fsp3) is 0.125. The zero-order chi connectivity index (χ0) is 9.26. The molecule has 1 fully saturated rings. The van der Waals surface area contributed by atoms with Crippen LogP contribution in [0.15, 0.2) is 30.3 Å². The van der Waals surface area contributed by atoms with Crippen LogP contribution in [0.1, 0.15) is 0 Å². The fourth-order valence-electron chi connectivity index (χ4n) is 1.11. The first-order chi connectivity index (χ1) is 6.27. The first-order valence-corrected chi connectivity index (χ1v) is 5.57. The number of para-hydroxylation sites is 1. The minimum absolute atomic E-state index is 0. The summed E-state index contributed by atoms with van der Waals surface area (Å²) < 4.78 is 0.832. The summed E-state index contributed by atoms with van der Waals surface area (Å²) in [7, 11) is 0. The van der Waals surface area contributed by atoms with E-state index in [2.05, 4.69) is 18.1 Å². The summed E-state index contributed by atoms with van der Waals surface area (Å²) in [6.45, 7) is 0. The molecule has 2 nitrogen and oxygen atoms in total. The Morgan fingerprint density at radius 1 is 1.36 bits per heavy atom. The zero-order valence-electron chi connectivity index (χ0n) is 7.68. The predicted molar refractivity (Wildman–Crippen MR) is 70.8 cm³/mol. The number of rotatable bonds is 1. The average Bonchev–Trinajstić information content (AvgIpc) is 2.47. The Morgan fingerprint density at radius 2 is 2.00 bits per heavy atom. The van der Waals surface area contributed by atoms with E-state index in [1.54, 1.807) is 0 Å². The standard InChI is InChI=1S/C8H8N2S3.K/c11-7-9-10(8(12)13-7)6-4-2-1-3-5-6;/h1-5,8,12H,(H,9,11);. The summed E-state index contributed by atoms with van der Waals surface area (Å²) in [6, 6.07) is 10.0. The summed E-state index contributed by atoms with van der Waals surface area (Å²) in [6.07, 6.45) is 0. The minimum atomic E-state index is 0. The summed E-state index contributed by atoms with van der Waals surface area (Å²) in [5, 5.41) is 1.94. The van der Waals surface area contributed by atoms with Gasteiger partial charge in [-0.1, -0.05) is 42.2 Å². The van der Waals surface area contributed by atoms with Gasteiger partial charge in [-0.15, -0.1) is 12.6 Å². The predicted octanol–water partition coefficient (Wildman–Crippen LogP) is 1.86. The Hall–Kier alpha value is 1.25. The summed E-state index contributed by atoms with van der Waals surface area (Å²) >= 11 is 11.0. The van der Waals surface area contributed by atoms with E-state index < -0.39 is 0 Å². The molecule has 1 heterocycles. The number of nitrogens with one attached hydrogen (secondary N) is 1. The van der Waals surface area contributed by atoms with E-state index in [1.165, 1.54) is 11.8 Å². The third kappa shape index (κ3) is 3.12. The molecular formula is C8H8KN2S3. The number of anilines is 1. The van der Waals surface area contributed by atoms with Gasteiger partial charge in [0.25, 0.3) is 0 Å². The Bertz CT molecular complexity index is 320. The third-order valence-corrected chi connectivity index (χ3v) is 3.33. The van der Waals surface area contributed by atoms with Crippen LogP contribution in [0.5, 0.6) is 0 Å². The molecule has 1 saturated heterocycles. The van der Waals surface area contributed by atoms with E-state index in [-0.39, 0.29) is 56.1 Å². The molecule has 1 N–H and O–H groups in total. The SMILES string of the molecule is S=C1NN(c2ccccc2)C(S)S1.[K]. The van der Waals surface area contributed by atoms with Crippen molar-refractivity contribution in [3.8, 4) is 0 Å². The molecule has 6 heteroatoms. The molecule has 1 aliphatic heterocycles. The van der Waals surface area contributed by atoms with Gasteiger partial charge in [-0.25, -0.2) is 0 Å². The average molecular weight is 267 g/mol. The van der Waals surface area contributed by atoms with Crippen molar-refractivity contribution < 1.29 is 0 Å². The van der Waals surface area contributed by atoms with Crippen molar-refractivity contribution in [1.82, 2.24) is 5.43 Å². The molecule has 1 unspecified atom stereocenters. The number of hydrazine groups is 1. The quantitative estimate of drug-likeness (QED) is 0.458. The van der Waals surface area contributed by atoms with E-state index >= 15 is 0 Å². The molecule has 1 radical (unpaired) electrons. The van der Waals surface area contributed by atoms with Gasteiger partial charge >= 0.3 is 0 Å². The van der Waals surface area contributed by atoms with Crippen LogP contribution in [0, 0.1) is 0 Å². The summed E-state index contributed by atoms with van der Waals surface area (Å²) in [4.78, 5) is 0. The van der Waals surface area contributed by atoms with Gasteiger partial charge < -0.3 is 0 Å². The number of hydrogen-bond donors (Lipinski definition) is 2. The molecule has 69 valence electrons. The topological polar surface area (TPSA) is 15.3 Å². The summed E-state index contributed by atoms with van der Waals surface area (Å²) in [5.74, 6) is 0. The Balaban J connectivity index is 0.000000980. The molecule has 0 spiro atoms. The van der Waals surface area contributed by atoms with Crippen LogP contribution in [0.25, 0.3) is 0 Å². The van der Waals surface area contributed by atoms with Gasteiger partial charge in [0.1, 0.15) is 4.71 Å². The van der Waals surface area contributed by atoms with Gasteiger partial charge in [0, 0.05) is 51.4 Å². The second kappa shape index (κ2) is 6.10. The number of thiocarbonyl (C=S) groups is 1. The van der Waals surface area contributed by atoms with Crippen LogP contribution in [0.3, 0.4) is 0 Å². The van der Waals surface area contributed by atoms with Gasteiger partial charge in [0.05, 0.1) is 5.69 Å². The van der Waals surface area contributed by atoms with Crippen molar-refractivity contribution in [2.75, 3.05) is 5.01 Å². The number of thioether (sulfide) groups is 1. The molecule has 0 saturated carbocycles. The third-order valence-electron chi connectivity index (χ3n) is 1.68. The number of nitrogens with zero attached hydrogens (tertiary/aromatic N) is 1. The van der Waals surface area contributed by atoms with Gasteiger partial charge in [-0.05, 0) is 12.1 Å². The van der Waals surface area contributed by atoms with E-state index in [0.29, 0.717) is 0 Å². The molecule has 1 aliphatic rings. The van der Waals surface area contributed by atoms with Crippen LogP contribution in [-0.4, -0.2) is 60.4 Å². The second-order valence-electron chi connectivity index (χ2n) is 2.55. The fourth-order valence-corrected chi connectivity index (χ4v) is 2.82. The van der Waals surface area contributed by atoms with Gasteiger partial charge in [-0.3, -0.25) is 10.4 Å². The minimum Gasteiger partial charge on any atom is -0.281 e. The van der Waals surface area contributed by atoms with Crippen molar-refractivity contribution in [2.24, 2.45) is 0 Å². The van der Waals surface area contributed by atoms with Crippen LogP contribution >= 0.6 is 36.6 Å². The Kier molecular flexibility index (Phi) is 5.80. The van der Waals surface area contributed by atoms with Crippen molar-refractivity contribution in [3.63, 3.8) is 0 Å². The smallest absolute Gasteiger partial charge is 0.155 e. The molecule has 1 aromatic rings. The van der Waals surface area contributed by atoms with Crippen LogP contribution in [0.2, 0.25) is 0 Å². The summed E-state index contributed by atoms with van der Waals surface area (Å²) in [5.41, 5.74) is 4.15. The van der Waals surface area contributed by atoms with E-state index in [9.17, 15) is 0 Å².